The molecule has 1 heterocycles. The molecule has 4 N–H and O–H groups in total. The molecule has 1 rings (SSSR count). The van der Waals surface area contributed by atoms with Gasteiger partial charge in [-0.05, 0) is 26.3 Å². The second kappa shape index (κ2) is 5.97. The van der Waals surface area contributed by atoms with E-state index in [0.717, 1.165) is 25.8 Å². The fourth-order valence-electron chi connectivity index (χ4n) is 1.86. The lowest BCUT2D eigenvalue weighted by Gasteiger charge is -2.26. The van der Waals surface area contributed by atoms with Crippen molar-refractivity contribution in [2.45, 2.75) is 44.2 Å². The average Bonchev–Trinajstić information content (AvgIpc) is 2.25. The molecule has 6 nitrogen and oxygen atoms in total. The number of carbonyl (C=O) groups excluding carboxylic acids is 1. The second-order valence-corrected chi connectivity index (χ2v) is 4.79. The van der Waals surface area contributed by atoms with Crippen molar-refractivity contribution in [2.24, 2.45) is 0 Å². The molecule has 0 radical (unpaired) electrons. The molecule has 0 spiro atoms. The van der Waals surface area contributed by atoms with E-state index in [4.69, 9.17) is 5.11 Å². The molecule has 0 aromatic carbocycles. The summed E-state index contributed by atoms with van der Waals surface area (Å²) in [6.45, 7) is 2.18. The molecule has 1 aliphatic rings. The van der Waals surface area contributed by atoms with Gasteiger partial charge in [-0.15, -0.1) is 0 Å². The van der Waals surface area contributed by atoms with Crippen molar-refractivity contribution in [1.82, 2.24) is 10.6 Å². The molecule has 0 aliphatic carbocycles. The van der Waals surface area contributed by atoms with Gasteiger partial charge in [-0.2, -0.15) is 0 Å². The molecule has 0 aromatic heterocycles. The van der Waals surface area contributed by atoms with E-state index in [1.54, 1.807) is 0 Å². The van der Waals surface area contributed by atoms with Gasteiger partial charge in [0, 0.05) is 6.54 Å². The number of carboxylic acid groups (broad SMARTS) is 1. The largest absolute Gasteiger partial charge is 0.481 e. The molecule has 1 saturated heterocycles. The number of rotatable bonds is 5. The van der Waals surface area contributed by atoms with Crippen molar-refractivity contribution in [1.29, 1.82) is 0 Å². The topological polar surface area (TPSA) is 98.7 Å². The fraction of sp³-hybridized carbons (Fsp3) is 0.818. The first-order valence-electron chi connectivity index (χ1n) is 5.86. The molecule has 0 bridgehead atoms. The number of carboxylic acids is 1. The standard InChI is InChI=1S/C11H20N2O4/c1-11(17,6-9(14)15)7-13-10(16)8-4-2-3-5-12-8/h8,12,17H,2-7H2,1H3,(H,13,16)(H,14,15)/t8-,11?/m0/s1. The van der Waals surface area contributed by atoms with E-state index in [1.807, 2.05) is 0 Å². The van der Waals surface area contributed by atoms with E-state index in [9.17, 15) is 14.7 Å². The van der Waals surface area contributed by atoms with Crippen molar-refractivity contribution in [2.75, 3.05) is 13.1 Å². The van der Waals surface area contributed by atoms with Gasteiger partial charge >= 0.3 is 5.97 Å². The summed E-state index contributed by atoms with van der Waals surface area (Å²) in [4.78, 5) is 22.2. The predicted molar refractivity (Wildman–Crippen MR) is 61.5 cm³/mol. The maximum absolute atomic E-state index is 11.7. The molecule has 6 heteroatoms. The zero-order valence-corrected chi connectivity index (χ0v) is 10.0. The number of hydrogen-bond acceptors (Lipinski definition) is 4. The van der Waals surface area contributed by atoms with Crippen LogP contribution in [0.3, 0.4) is 0 Å². The summed E-state index contributed by atoms with van der Waals surface area (Å²) in [5, 5.41) is 24.0. The molecule has 1 fully saturated rings. The minimum atomic E-state index is -1.41. The van der Waals surface area contributed by atoms with Gasteiger partial charge < -0.3 is 20.8 Å². The monoisotopic (exact) mass is 244 g/mol. The molecule has 2 atom stereocenters. The first kappa shape index (κ1) is 13.9. The highest BCUT2D eigenvalue weighted by Gasteiger charge is 2.27. The van der Waals surface area contributed by atoms with Crippen LogP contribution in [-0.2, 0) is 9.59 Å². The summed E-state index contributed by atoms with van der Waals surface area (Å²) >= 11 is 0. The summed E-state index contributed by atoms with van der Waals surface area (Å²) < 4.78 is 0. The Labute approximate surface area is 100 Å². The Morgan fingerprint density at radius 3 is 2.71 bits per heavy atom. The average molecular weight is 244 g/mol. The van der Waals surface area contributed by atoms with E-state index >= 15 is 0 Å². The van der Waals surface area contributed by atoms with Gasteiger partial charge in [0.25, 0.3) is 0 Å². The zero-order chi connectivity index (χ0) is 12.9. The Bertz CT molecular complexity index is 285. The van der Waals surface area contributed by atoms with Crippen LogP contribution in [0.15, 0.2) is 0 Å². The zero-order valence-electron chi connectivity index (χ0n) is 10.0. The number of aliphatic carboxylic acids is 1. The number of piperidine rings is 1. The smallest absolute Gasteiger partial charge is 0.306 e. The Balaban J connectivity index is 2.33. The third-order valence-electron chi connectivity index (χ3n) is 2.80. The first-order valence-corrected chi connectivity index (χ1v) is 5.86. The normalized spacial score (nSPS) is 23.8. The van der Waals surface area contributed by atoms with Crippen LogP contribution in [0.2, 0.25) is 0 Å². The minimum Gasteiger partial charge on any atom is -0.481 e. The minimum absolute atomic E-state index is 0.0453. The summed E-state index contributed by atoms with van der Waals surface area (Å²) in [7, 11) is 0. The number of carbonyl (C=O) groups is 2. The van der Waals surface area contributed by atoms with Crippen LogP contribution in [0.4, 0.5) is 0 Å². The van der Waals surface area contributed by atoms with E-state index in [1.165, 1.54) is 6.92 Å². The highest BCUT2D eigenvalue weighted by Crippen LogP contribution is 2.09. The quantitative estimate of drug-likeness (QED) is 0.521. The number of amides is 1. The van der Waals surface area contributed by atoms with Crippen LogP contribution in [0.1, 0.15) is 32.6 Å². The number of nitrogens with one attached hydrogen (secondary N) is 2. The van der Waals surface area contributed by atoms with Crippen molar-refractivity contribution in [3.8, 4) is 0 Å². The Morgan fingerprint density at radius 2 is 2.18 bits per heavy atom. The lowest BCUT2D eigenvalue weighted by molar-refractivity contribution is -0.142. The van der Waals surface area contributed by atoms with Gasteiger partial charge in [0.2, 0.25) is 5.91 Å². The van der Waals surface area contributed by atoms with Crippen molar-refractivity contribution in [3.63, 3.8) is 0 Å². The summed E-state index contributed by atoms with van der Waals surface area (Å²) in [5.74, 6) is -1.25. The van der Waals surface area contributed by atoms with Crippen LogP contribution in [0.25, 0.3) is 0 Å². The van der Waals surface area contributed by atoms with Crippen LogP contribution in [0.5, 0.6) is 0 Å². The highest BCUT2D eigenvalue weighted by atomic mass is 16.4. The van der Waals surface area contributed by atoms with Crippen LogP contribution >= 0.6 is 0 Å². The van der Waals surface area contributed by atoms with Crippen molar-refractivity contribution < 1.29 is 19.8 Å². The molecule has 0 aromatic rings. The molecule has 1 aliphatic heterocycles. The molecular weight excluding hydrogens is 224 g/mol. The lowest BCUT2D eigenvalue weighted by atomic mass is 10.0. The molecule has 17 heavy (non-hydrogen) atoms. The van der Waals surface area contributed by atoms with Gasteiger partial charge in [0.1, 0.15) is 0 Å². The van der Waals surface area contributed by atoms with Crippen LogP contribution < -0.4 is 10.6 Å². The summed E-state index contributed by atoms with van der Waals surface area (Å²) in [6, 6.07) is -0.218. The maximum atomic E-state index is 11.7. The van der Waals surface area contributed by atoms with E-state index in [-0.39, 0.29) is 24.9 Å². The third-order valence-corrected chi connectivity index (χ3v) is 2.80. The molecule has 0 saturated carbocycles. The molecular formula is C11H20N2O4. The van der Waals surface area contributed by atoms with E-state index in [0.29, 0.717) is 0 Å². The van der Waals surface area contributed by atoms with Crippen molar-refractivity contribution >= 4 is 11.9 Å². The van der Waals surface area contributed by atoms with E-state index < -0.39 is 11.6 Å². The maximum Gasteiger partial charge on any atom is 0.306 e. The highest BCUT2D eigenvalue weighted by molar-refractivity contribution is 5.82. The van der Waals surface area contributed by atoms with Gasteiger partial charge in [-0.1, -0.05) is 6.42 Å². The lowest BCUT2D eigenvalue weighted by Crippen LogP contribution is -2.50. The molecule has 1 unspecified atom stereocenters. The Morgan fingerprint density at radius 1 is 1.47 bits per heavy atom. The number of hydrogen-bond donors (Lipinski definition) is 4. The van der Waals surface area contributed by atoms with Gasteiger partial charge in [0.05, 0.1) is 18.1 Å². The first-order chi connectivity index (χ1) is 7.91. The van der Waals surface area contributed by atoms with E-state index in [2.05, 4.69) is 10.6 Å². The molecule has 98 valence electrons. The Kier molecular flexibility index (Phi) is 4.89. The van der Waals surface area contributed by atoms with Crippen molar-refractivity contribution in [3.05, 3.63) is 0 Å². The van der Waals surface area contributed by atoms with Gasteiger partial charge in [-0.25, -0.2) is 0 Å². The third kappa shape index (κ3) is 5.14. The second-order valence-electron chi connectivity index (χ2n) is 4.79. The SMILES string of the molecule is CC(O)(CNC(=O)[C@@H]1CCCCN1)CC(=O)O. The fourth-order valence-corrected chi connectivity index (χ4v) is 1.86. The summed E-state index contributed by atoms with van der Waals surface area (Å²) in [5.41, 5.74) is -1.41. The summed E-state index contributed by atoms with van der Waals surface area (Å²) in [6.07, 6.45) is 2.48. The van der Waals surface area contributed by atoms with Gasteiger partial charge in [-0.3, -0.25) is 9.59 Å². The number of aliphatic hydroxyl groups is 1. The molecule has 1 amide bonds. The van der Waals surface area contributed by atoms with Crippen LogP contribution in [-0.4, -0.2) is 46.8 Å². The Hall–Kier alpha value is -1.14. The van der Waals surface area contributed by atoms with Gasteiger partial charge in [0.15, 0.2) is 0 Å². The van der Waals surface area contributed by atoms with Crippen LogP contribution in [0, 0.1) is 0 Å². The predicted octanol–water partition coefficient (Wildman–Crippen LogP) is -0.530.